The van der Waals surface area contributed by atoms with E-state index in [1.807, 2.05) is 41.8 Å². The van der Waals surface area contributed by atoms with E-state index in [0.29, 0.717) is 5.88 Å². The maximum Gasteiger partial charge on any atom is 0.164 e. The fourth-order valence-corrected chi connectivity index (χ4v) is 2.84. The monoisotopic (exact) mass is 365 g/mol. The van der Waals surface area contributed by atoms with Gasteiger partial charge < -0.3 is 4.74 Å². The van der Waals surface area contributed by atoms with Crippen molar-refractivity contribution in [3.05, 3.63) is 46.3 Å². The highest BCUT2D eigenvalue weighted by molar-refractivity contribution is 9.10. The standard InChI is InChI=1S/C15H13BrClN3O/c1-9-3-6-12-15(18-9)20(14(8-17)19-12)10-4-5-11(16)13(7-10)21-2/h3-7H,8H2,1-2H3. The van der Waals surface area contributed by atoms with E-state index in [0.717, 1.165) is 38.6 Å². The highest BCUT2D eigenvalue weighted by Crippen LogP contribution is 2.29. The van der Waals surface area contributed by atoms with E-state index < -0.39 is 0 Å². The summed E-state index contributed by atoms with van der Waals surface area (Å²) in [5.41, 5.74) is 3.49. The van der Waals surface area contributed by atoms with E-state index in [1.165, 1.54) is 0 Å². The number of pyridine rings is 1. The smallest absolute Gasteiger partial charge is 0.164 e. The Morgan fingerprint density at radius 3 is 2.76 bits per heavy atom. The van der Waals surface area contributed by atoms with Crippen molar-refractivity contribution in [3.8, 4) is 11.4 Å². The first-order valence-corrected chi connectivity index (χ1v) is 7.71. The molecule has 3 aromatic rings. The summed E-state index contributed by atoms with van der Waals surface area (Å²) in [6.07, 6.45) is 0. The van der Waals surface area contributed by atoms with Crippen LogP contribution in [0.15, 0.2) is 34.8 Å². The molecule has 0 aliphatic carbocycles. The van der Waals surface area contributed by atoms with Crippen molar-refractivity contribution < 1.29 is 4.74 Å². The van der Waals surface area contributed by atoms with Crippen molar-refractivity contribution in [3.63, 3.8) is 0 Å². The maximum atomic E-state index is 6.05. The van der Waals surface area contributed by atoms with E-state index in [4.69, 9.17) is 16.3 Å². The summed E-state index contributed by atoms with van der Waals surface area (Å²) in [6.45, 7) is 1.96. The zero-order valence-corrected chi connectivity index (χ0v) is 13.9. The number of aryl methyl sites for hydroxylation is 1. The van der Waals surface area contributed by atoms with Gasteiger partial charge in [-0.3, -0.25) is 4.57 Å². The van der Waals surface area contributed by atoms with Crippen LogP contribution in [-0.4, -0.2) is 21.6 Å². The summed E-state index contributed by atoms with van der Waals surface area (Å²) in [5, 5.41) is 0. The average Bonchev–Trinajstić information content (AvgIpc) is 2.85. The number of hydrogen-bond donors (Lipinski definition) is 0. The molecule has 0 radical (unpaired) electrons. The predicted octanol–water partition coefficient (Wildman–Crippen LogP) is 4.24. The molecule has 0 atom stereocenters. The second kappa shape index (κ2) is 5.66. The molecule has 4 nitrogen and oxygen atoms in total. The number of aromatic nitrogens is 3. The lowest BCUT2D eigenvalue weighted by atomic mass is 10.3. The Morgan fingerprint density at radius 1 is 1.24 bits per heavy atom. The number of hydrogen-bond acceptors (Lipinski definition) is 3. The predicted molar refractivity (Wildman–Crippen MR) is 87.4 cm³/mol. The lowest BCUT2D eigenvalue weighted by Gasteiger charge is -2.10. The molecule has 0 aliphatic rings. The quantitative estimate of drug-likeness (QED) is 0.651. The summed E-state index contributed by atoms with van der Waals surface area (Å²) in [5.74, 6) is 1.82. The van der Waals surface area contributed by atoms with Crippen molar-refractivity contribution in [1.29, 1.82) is 0 Å². The van der Waals surface area contributed by atoms with Gasteiger partial charge in [0.1, 0.15) is 17.1 Å². The molecule has 3 rings (SSSR count). The molecule has 2 heterocycles. The molecule has 0 unspecified atom stereocenters. The molecule has 0 spiro atoms. The maximum absolute atomic E-state index is 6.05. The number of alkyl halides is 1. The summed E-state index contributed by atoms with van der Waals surface area (Å²) in [4.78, 5) is 9.13. The van der Waals surface area contributed by atoms with Crippen LogP contribution in [0.5, 0.6) is 5.75 Å². The van der Waals surface area contributed by atoms with Crippen molar-refractivity contribution in [2.75, 3.05) is 7.11 Å². The largest absolute Gasteiger partial charge is 0.495 e. The van der Waals surface area contributed by atoms with Gasteiger partial charge in [0.25, 0.3) is 0 Å². The number of imidazole rings is 1. The molecular weight excluding hydrogens is 354 g/mol. The highest BCUT2D eigenvalue weighted by atomic mass is 79.9. The molecule has 0 saturated heterocycles. The molecule has 0 saturated carbocycles. The first-order valence-electron chi connectivity index (χ1n) is 6.39. The number of benzene rings is 1. The second-order valence-electron chi connectivity index (χ2n) is 4.61. The van der Waals surface area contributed by atoms with Gasteiger partial charge in [-0.1, -0.05) is 0 Å². The van der Waals surface area contributed by atoms with Crippen molar-refractivity contribution >= 4 is 38.7 Å². The van der Waals surface area contributed by atoms with E-state index in [1.54, 1.807) is 7.11 Å². The molecule has 0 bridgehead atoms. The Balaban J connectivity index is 2.30. The van der Waals surface area contributed by atoms with Gasteiger partial charge in [0.05, 0.1) is 23.1 Å². The summed E-state index contributed by atoms with van der Waals surface area (Å²) >= 11 is 9.51. The molecule has 21 heavy (non-hydrogen) atoms. The van der Waals surface area contributed by atoms with Gasteiger partial charge in [-0.15, -0.1) is 11.6 Å². The van der Waals surface area contributed by atoms with Crippen LogP contribution in [0.2, 0.25) is 0 Å². The Morgan fingerprint density at radius 2 is 2.05 bits per heavy atom. The lowest BCUT2D eigenvalue weighted by molar-refractivity contribution is 0.412. The van der Waals surface area contributed by atoms with Crippen molar-refractivity contribution in [2.45, 2.75) is 12.8 Å². The highest BCUT2D eigenvalue weighted by Gasteiger charge is 2.14. The average molecular weight is 367 g/mol. The van der Waals surface area contributed by atoms with Gasteiger partial charge >= 0.3 is 0 Å². The molecule has 0 aliphatic heterocycles. The van der Waals surface area contributed by atoms with Gasteiger partial charge in [0.2, 0.25) is 0 Å². The van der Waals surface area contributed by atoms with E-state index >= 15 is 0 Å². The molecule has 108 valence electrons. The van der Waals surface area contributed by atoms with Crippen LogP contribution in [-0.2, 0) is 5.88 Å². The molecule has 6 heteroatoms. The van der Waals surface area contributed by atoms with E-state index in [9.17, 15) is 0 Å². The van der Waals surface area contributed by atoms with Crippen LogP contribution in [0.25, 0.3) is 16.9 Å². The Bertz CT molecular complexity index is 816. The van der Waals surface area contributed by atoms with Gasteiger partial charge in [-0.25, -0.2) is 9.97 Å². The summed E-state index contributed by atoms with van der Waals surface area (Å²) < 4.78 is 8.22. The van der Waals surface area contributed by atoms with Crippen LogP contribution in [0.3, 0.4) is 0 Å². The number of nitrogens with zero attached hydrogens (tertiary/aromatic N) is 3. The molecule has 0 N–H and O–H groups in total. The van der Waals surface area contributed by atoms with Gasteiger partial charge in [0.15, 0.2) is 5.65 Å². The number of ether oxygens (including phenoxy) is 1. The van der Waals surface area contributed by atoms with Crippen LogP contribution < -0.4 is 4.74 Å². The Labute approximate surface area is 135 Å². The van der Waals surface area contributed by atoms with Crippen LogP contribution in [0.1, 0.15) is 11.5 Å². The molecule has 2 aromatic heterocycles. The third-order valence-electron chi connectivity index (χ3n) is 3.23. The van der Waals surface area contributed by atoms with E-state index in [-0.39, 0.29) is 0 Å². The lowest BCUT2D eigenvalue weighted by Crippen LogP contribution is -2.01. The minimum absolute atomic E-state index is 0.313. The molecule has 0 amide bonds. The zero-order chi connectivity index (χ0) is 15.0. The number of rotatable bonds is 3. The fourth-order valence-electron chi connectivity index (χ4n) is 2.25. The van der Waals surface area contributed by atoms with Crippen LogP contribution in [0.4, 0.5) is 0 Å². The number of halogens is 2. The molecule has 1 aromatic carbocycles. The van der Waals surface area contributed by atoms with Crippen LogP contribution in [0, 0.1) is 6.92 Å². The van der Waals surface area contributed by atoms with Gasteiger partial charge in [-0.05, 0) is 47.1 Å². The third-order valence-corrected chi connectivity index (χ3v) is 4.12. The van der Waals surface area contributed by atoms with Gasteiger partial charge in [-0.2, -0.15) is 0 Å². The first-order chi connectivity index (χ1) is 10.1. The minimum Gasteiger partial charge on any atom is -0.495 e. The fraction of sp³-hybridized carbons (Fsp3) is 0.200. The molecule has 0 fully saturated rings. The molecular formula is C15H13BrClN3O. The van der Waals surface area contributed by atoms with Crippen molar-refractivity contribution in [2.24, 2.45) is 0 Å². The topological polar surface area (TPSA) is 39.9 Å². The van der Waals surface area contributed by atoms with Gasteiger partial charge in [0, 0.05) is 11.8 Å². The first kappa shape index (κ1) is 14.4. The van der Waals surface area contributed by atoms with E-state index in [2.05, 4.69) is 25.9 Å². The van der Waals surface area contributed by atoms with Crippen LogP contribution >= 0.6 is 27.5 Å². The Hall–Kier alpha value is -1.59. The summed E-state index contributed by atoms with van der Waals surface area (Å²) in [6, 6.07) is 9.76. The summed E-state index contributed by atoms with van der Waals surface area (Å²) in [7, 11) is 1.64. The Kier molecular flexibility index (Phi) is 3.87. The normalized spacial score (nSPS) is 11.0. The zero-order valence-electron chi connectivity index (χ0n) is 11.6. The minimum atomic E-state index is 0.313. The SMILES string of the molecule is COc1cc(-n2c(CCl)nc3ccc(C)nc32)ccc1Br. The second-order valence-corrected chi connectivity index (χ2v) is 5.73. The number of fused-ring (bicyclic) bond motifs is 1. The third kappa shape index (κ3) is 2.51. The number of methoxy groups -OCH3 is 1. The van der Waals surface area contributed by atoms with Crippen molar-refractivity contribution in [1.82, 2.24) is 14.5 Å².